The molecule has 12 rings (SSSR count). The normalized spacial score (nSPS) is 13.1. The van der Waals surface area contributed by atoms with Crippen LogP contribution in [-0.4, -0.2) is 0 Å². The monoisotopic (exact) mass is 759 g/mol. The standard InChI is InChI=1S/C55H37NOS/c1-55(2)49-24-19-36(34-11-4-3-5-12-34)29-44(49)45-31-38(21-25-50(45)55)56(40-23-28-54-48(33-40)43-16-8-9-18-53(43)58-54)39-22-27-52-47(32-39)46-30-37(20-26-51(46)57-52)42-17-10-14-35-13-6-7-15-41(35)42/h3-33H,1-2H3. The smallest absolute Gasteiger partial charge is 0.135 e. The van der Waals surface area contributed by atoms with Crippen molar-refractivity contribution in [2.24, 2.45) is 0 Å². The van der Waals surface area contributed by atoms with E-state index in [1.807, 2.05) is 11.3 Å². The Bertz CT molecular complexity index is 3440. The van der Waals surface area contributed by atoms with E-state index in [4.69, 9.17) is 4.42 Å². The van der Waals surface area contributed by atoms with Gasteiger partial charge in [0.1, 0.15) is 11.2 Å². The highest BCUT2D eigenvalue weighted by molar-refractivity contribution is 7.25. The molecule has 0 saturated carbocycles. The molecule has 58 heavy (non-hydrogen) atoms. The molecule has 1 aliphatic carbocycles. The fraction of sp³-hybridized carbons (Fsp3) is 0.0545. The Morgan fingerprint density at radius 2 is 1.00 bits per heavy atom. The van der Waals surface area contributed by atoms with Gasteiger partial charge in [-0.2, -0.15) is 0 Å². The molecule has 3 heteroatoms. The SMILES string of the molecule is CC1(C)c2ccc(-c3ccccc3)cc2-c2cc(N(c3ccc4oc5ccc(-c6cccc7ccccc67)cc5c4c3)c3ccc4sc5ccccc5c4c3)ccc21. The lowest BCUT2D eigenvalue weighted by molar-refractivity contribution is 0.660. The summed E-state index contributed by atoms with van der Waals surface area (Å²) in [6.07, 6.45) is 0. The minimum Gasteiger partial charge on any atom is -0.456 e. The van der Waals surface area contributed by atoms with Crippen LogP contribution in [0, 0.1) is 0 Å². The van der Waals surface area contributed by atoms with Crippen LogP contribution in [0.15, 0.2) is 192 Å². The van der Waals surface area contributed by atoms with Crippen LogP contribution in [0.4, 0.5) is 17.1 Å². The van der Waals surface area contributed by atoms with E-state index in [2.05, 4.69) is 207 Å². The van der Waals surface area contributed by atoms with Gasteiger partial charge in [0, 0.05) is 53.4 Å². The van der Waals surface area contributed by atoms with E-state index in [1.165, 1.54) is 75.5 Å². The first-order chi connectivity index (χ1) is 28.5. The molecule has 0 radical (unpaired) electrons. The Kier molecular flexibility index (Phi) is 7.18. The Hall–Kier alpha value is -6.94. The van der Waals surface area contributed by atoms with Gasteiger partial charge in [0.05, 0.1) is 0 Å². The Balaban J connectivity index is 1.07. The second kappa shape index (κ2) is 12.5. The lowest BCUT2D eigenvalue weighted by Crippen LogP contribution is -2.15. The predicted octanol–water partition coefficient (Wildman–Crippen LogP) is 16.2. The molecule has 0 N–H and O–H groups in total. The first-order valence-electron chi connectivity index (χ1n) is 20.0. The van der Waals surface area contributed by atoms with Crippen molar-refractivity contribution in [1.82, 2.24) is 0 Å². The van der Waals surface area contributed by atoms with Gasteiger partial charge < -0.3 is 9.32 Å². The highest BCUT2D eigenvalue weighted by atomic mass is 32.1. The van der Waals surface area contributed by atoms with Crippen molar-refractivity contribution in [1.29, 1.82) is 0 Å². The van der Waals surface area contributed by atoms with Gasteiger partial charge in [-0.05, 0) is 128 Å². The summed E-state index contributed by atoms with van der Waals surface area (Å²) >= 11 is 1.86. The minimum atomic E-state index is -0.117. The van der Waals surface area contributed by atoms with Crippen LogP contribution in [0.1, 0.15) is 25.0 Å². The number of hydrogen-bond acceptors (Lipinski definition) is 3. The van der Waals surface area contributed by atoms with Gasteiger partial charge in [-0.1, -0.05) is 129 Å². The van der Waals surface area contributed by atoms with Crippen LogP contribution in [0.2, 0.25) is 0 Å². The molecular weight excluding hydrogens is 723 g/mol. The van der Waals surface area contributed by atoms with E-state index in [1.54, 1.807) is 0 Å². The Morgan fingerprint density at radius 3 is 1.86 bits per heavy atom. The largest absolute Gasteiger partial charge is 0.456 e. The number of furan rings is 1. The molecule has 0 saturated heterocycles. The highest BCUT2D eigenvalue weighted by Gasteiger charge is 2.36. The van der Waals surface area contributed by atoms with Crippen molar-refractivity contribution < 1.29 is 4.42 Å². The number of fused-ring (bicyclic) bond motifs is 10. The number of nitrogens with zero attached hydrogens (tertiary/aromatic N) is 1. The van der Waals surface area contributed by atoms with E-state index in [0.29, 0.717) is 0 Å². The zero-order chi connectivity index (χ0) is 38.5. The summed E-state index contributed by atoms with van der Waals surface area (Å²) < 4.78 is 9.12. The molecular formula is C55H37NOS. The summed E-state index contributed by atoms with van der Waals surface area (Å²) in [5.74, 6) is 0. The van der Waals surface area contributed by atoms with E-state index < -0.39 is 0 Å². The maximum absolute atomic E-state index is 6.53. The third kappa shape index (κ3) is 5.03. The van der Waals surface area contributed by atoms with Crippen LogP contribution in [0.25, 0.3) is 86.3 Å². The van der Waals surface area contributed by atoms with Crippen molar-refractivity contribution in [3.63, 3.8) is 0 Å². The van der Waals surface area contributed by atoms with Gasteiger partial charge in [-0.15, -0.1) is 11.3 Å². The molecule has 0 unspecified atom stereocenters. The van der Waals surface area contributed by atoms with Crippen molar-refractivity contribution in [3.8, 4) is 33.4 Å². The number of hydrogen-bond donors (Lipinski definition) is 0. The van der Waals surface area contributed by atoms with Gasteiger partial charge in [-0.25, -0.2) is 0 Å². The summed E-state index contributed by atoms with van der Waals surface area (Å²) in [6, 6.07) is 69.0. The van der Waals surface area contributed by atoms with Crippen LogP contribution >= 0.6 is 11.3 Å². The maximum Gasteiger partial charge on any atom is 0.135 e. The second-order valence-corrected chi connectivity index (χ2v) is 17.2. The molecule has 0 spiro atoms. The number of anilines is 3. The molecule has 0 amide bonds. The molecule has 2 heterocycles. The second-order valence-electron chi connectivity index (χ2n) is 16.1. The number of thiophene rings is 1. The summed E-state index contributed by atoms with van der Waals surface area (Å²) in [4.78, 5) is 2.44. The quantitative estimate of drug-likeness (QED) is 0.174. The summed E-state index contributed by atoms with van der Waals surface area (Å²) in [7, 11) is 0. The van der Waals surface area contributed by atoms with Crippen LogP contribution in [-0.2, 0) is 5.41 Å². The molecule has 1 aliphatic rings. The van der Waals surface area contributed by atoms with E-state index in [-0.39, 0.29) is 5.41 Å². The van der Waals surface area contributed by atoms with Crippen molar-refractivity contribution in [3.05, 3.63) is 199 Å². The summed E-state index contributed by atoms with van der Waals surface area (Å²) in [5, 5.41) is 7.26. The third-order valence-corrected chi connectivity index (χ3v) is 13.6. The zero-order valence-electron chi connectivity index (χ0n) is 32.2. The van der Waals surface area contributed by atoms with Gasteiger partial charge in [0.15, 0.2) is 0 Å². The first-order valence-corrected chi connectivity index (χ1v) is 20.8. The van der Waals surface area contributed by atoms with Crippen LogP contribution < -0.4 is 4.90 Å². The van der Waals surface area contributed by atoms with Crippen LogP contribution in [0.3, 0.4) is 0 Å². The van der Waals surface area contributed by atoms with Gasteiger partial charge >= 0.3 is 0 Å². The van der Waals surface area contributed by atoms with Crippen LogP contribution in [0.5, 0.6) is 0 Å². The Morgan fingerprint density at radius 1 is 0.397 bits per heavy atom. The van der Waals surface area contributed by atoms with Gasteiger partial charge in [-0.3, -0.25) is 0 Å². The lowest BCUT2D eigenvalue weighted by Gasteiger charge is -2.27. The fourth-order valence-electron chi connectivity index (χ4n) is 9.56. The van der Waals surface area contributed by atoms with Gasteiger partial charge in [0.25, 0.3) is 0 Å². The molecule has 0 aliphatic heterocycles. The highest BCUT2D eigenvalue weighted by Crippen LogP contribution is 2.52. The van der Waals surface area contributed by atoms with Crippen molar-refractivity contribution in [2.75, 3.05) is 4.90 Å². The number of benzene rings is 9. The molecule has 11 aromatic rings. The topological polar surface area (TPSA) is 16.4 Å². The fourth-order valence-corrected chi connectivity index (χ4v) is 10.6. The molecule has 9 aromatic carbocycles. The van der Waals surface area contributed by atoms with E-state index in [9.17, 15) is 0 Å². The average Bonchev–Trinajstić information content (AvgIpc) is 3.90. The van der Waals surface area contributed by atoms with Crippen molar-refractivity contribution >= 4 is 81.3 Å². The summed E-state index contributed by atoms with van der Waals surface area (Å²) in [5.41, 5.74) is 15.2. The third-order valence-electron chi connectivity index (χ3n) is 12.5. The molecule has 274 valence electrons. The maximum atomic E-state index is 6.53. The molecule has 0 bridgehead atoms. The van der Waals surface area contributed by atoms with Gasteiger partial charge in [0.2, 0.25) is 0 Å². The van der Waals surface area contributed by atoms with Crippen molar-refractivity contribution in [2.45, 2.75) is 19.3 Å². The predicted molar refractivity (Wildman–Crippen MR) is 247 cm³/mol. The van der Waals surface area contributed by atoms with E-state index >= 15 is 0 Å². The first kappa shape index (κ1) is 33.2. The zero-order valence-corrected chi connectivity index (χ0v) is 33.0. The number of rotatable bonds is 5. The molecule has 2 aromatic heterocycles. The summed E-state index contributed by atoms with van der Waals surface area (Å²) in [6.45, 7) is 4.72. The average molecular weight is 760 g/mol. The molecule has 0 fully saturated rings. The Labute approximate surface area is 340 Å². The molecule has 2 nitrogen and oxygen atoms in total. The van der Waals surface area contributed by atoms with E-state index in [0.717, 1.165) is 39.0 Å². The molecule has 0 atom stereocenters. The lowest BCUT2D eigenvalue weighted by atomic mass is 9.82. The minimum absolute atomic E-state index is 0.117.